The van der Waals surface area contributed by atoms with Gasteiger partial charge in [-0.1, -0.05) is 17.2 Å². The summed E-state index contributed by atoms with van der Waals surface area (Å²) in [7, 11) is 0. The van der Waals surface area contributed by atoms with Gasteiger partial charge >= 0.3 is 5.97 Å². The first-order chi connectivity index (χ1) is 12.9. The van der Waals surface area contributed by atoms with Gasteiger partial charge in [-0.2, -0.15) is 0 Å². The summed E-state index contributed by atoms with van der Waals surface area (Å²) in [4.78, 5) is 24.8. The van der Waals surface area contributed by atoms with Gasteiger partial charge in [0, 0.05) is 29.7 Å². The summed E-state index contributed by atoms with van der Waals surface area (Å²) in [5, 5.41) is 4.47. The standard InChI is InChI=1S/C20H21N5O2/c1-13(2)27-20(26)18(17-8-21-11-22-9-17)10-25-12-23-19(24-25)16-6-14(3)5-15(4)7-16/h5-13H,1-4H3/b18-10-. The Balaban J connectivity index is 1.98. The molecule has 0 unspecified atom stereocenters. The van der Waals surface area contributed by atoms with Crippen LogP contribution in [0.25, 0.3) is 23.2 Å². The Labute approximate surface area is 157 Å². The molecule has 0 radical (unpaired) electrons. The smallest absolute Gasteiger partial charge is 0.340 e. The molecular formula is C20H21N5O2. The molecule has 0 aliphatic heterocycles. The number of carbonyl (C=O) groups is 1. The first-order valence-corrected chi connectivity index (χ1v) is 8.60. The van der Waals surface area contributed by atoms with Crippen LogP contribution >= 0.6 is 0 Å². The molecule has 0 atom stereocenters. The molecule has 0 bridgehead atoms. The van der Waals surface area contributed by atoms with Crippen LogP contribution in [0.3, 0.4) is 0 Å². The average Bonchev–Trinajstić information content (AvgIpc) is 3.08. The van der Waals surface area contributed by atoms with Gasteiger partial charge in [0.15, 0.2) is 5.82 Å². The number of nitrogens with zero attached hydrogens (tertiary/aromatic N) is 5. The molecule has 0 spiro atoms. The molecule has 27 heavy (non-hydrogen) atoms. The van der Waals surface area contributed by atoms with E-state index in [-0.39, 0.29) is 6.10 Å². The Morgan fingerprint density at radius 2 is 1.78 bits per heavy atom. The lowest BCUT2D eigenvalue weighted by atomic mass is 10.1. The monoisotopic (exact) mass is 363 g/mol. The van der Waals surface area contributed by atoms with Gasteiger partial charge in [-0.25, -0.2) is 24.4 Å². The molecule has 3 aromatic rings. The van der Waals surface area contributed by atoms with Crippen LogP contribution in [0.2, 0.25) is 0 Å². The number of ether oxygens (including phenoxy) is 1. The minimum atomic E-state index is -0.469. The van der Waals surface area contributed by atoms with E-state index in [1.54, 1.807) is 38.8 Å². The number of esters is 1. The van der Waals surface area contributed by atoms with E-state index in [0.29, 0.717) is 17.0 Å². The van der Waals surface area contributed by atoms with Crippen molar-refractivity contribution in [3.8, 4) is 11.4 Å². The van der Waals surface area contributed by atoms with Crippen LogP contribution in [-0.4, -0.2) is 36.8 Å². The summed E-state index contributed by atoms with van der Waals surface area (Å²) in [6.45, 7) is 7.65. The molecule has 7 nitrogen and oxygen atoms in total. The zero-order valence-corrected chi connectivity index (χ0v) is 15.7. The van der Waals surface area contributed by atoms with Crippen LogP contribution in [0.15, 0.2) is 43.2 Å². The van der Waals surface area contributed by atoms with Crippen LogP contribution in [0.5, 0.6) is 0 Å². The Hall–Kier alpha value is -3.35. The summed E-state index contributed by atoms with van der Waals surface area (Å²) < 4.78 is 6.83. The highest BCUT2D eigenvalue weighted by molar-refractivity contribution is 6.20. The molecule has 2 heterocycles. The Morgan fingerprint density at radius 3 is 2.41 bits per heavy atom. The van der Waals surface area contributed by atoms with E-state index < -0.39 is 5.97 Å². The van der Waals surface area contributed by atoms with Crippen LogP contribution < -0.4 is 0 Å². The second kappa shape index (κ2) is 7.90. The van der Waals surface area contributed by atoms with Gasteiger partial charge in [-0.15, -0.1) is 5.10 Å². The summed E-state index contributed by atoms with van der Waals surface area (Å²) in [5.74, 6) is 0.113. The van der Waals surface area contributed by atoms with Crippen molar-refractivity contribution in [3.63, 3.8) is 0 Å². The van der Waals surface area contributed by atoms with Gasteiger partial charge in [-0.3, -0.25) is 0 Å². The Morgan fingerprint density at radius 1 is 1.11 bits per heavy atom. The fourth-order valence-corrected chi connectivity index (χ4v) is 2.67. The fourth-order valence-electron chi connectivity index (χ4n) is 2.67. The first kappa shape index (κ1) is 18.4. The number of hydrogen-bond acceptors (Lipinski definition) is 6. The van der Waals surface area contributed by atoms with E-state index in [4.69, 9.17) is 4.74 Å². The number of rotatable bonds is 5. The van der Waals surface area contributed by atoms with Crippen molar-refractivity contribution in [2.75, 3.05) is 0 Å². The molecule has 2 aromatic heterocycles. The van der Waals surface area contributed by atoms with E-state index in [1.807, 2.05) is 26.0 Å². The molecule has 7 heteroatoms. The molecule has 0 N–H and O–H groups in total. The van der Waals surface area contributed by atoms with Crippen molar-refractivity contribution in [3.05, 3.63) is 59.9 Å². The highest BCUT2D eigenvalue weighted by atomic mass is 16.5. The highest BCUT2D eigenvalue weighted by Crippen LogP contribution is 2.20. The van der Waals surface area contributed by atoms with E-state index >= 15 is 0 Å². The number of benzene rings is 1. The average molecular weight is 363 g/mol. The largest absolute Gasteiger partial charge is 0.459 e. The van der Waals surface area contributed by atoms with E-state index in [1.165, 1.54) is 11.0 Å². The van der Waals surface area contributed by atoms with Crippen molar-refractivity contribution in [2.45, 2.75) is 33.8 Å². The minimum Gasteiger partial charge on any atom is -0.459 e. The van der Waals surface area contributed by atoms with Crippen molar-refractivity contribution < 1.29 is 9.53 Å². The van der Waals surface area contributed by atoms with Crippen molar-refractivity contribution in [1.82, 2.24) is 24.7 Å². The number of aryl methyl sites for hydroxylation is 2. The first-order valence-electron chi connectivity index (χ1n) is 8.60. The van der Waals surface area contributed by atoms with Gasteiger partial charge in [0.1, 0.15) is 12.7 Å². The lowest BCUT2D eigenvalue weighted by molar-refractivity contribution is -0.140. The van der Waals surface area contributed by atoms with E-state index in [9.17, 15) is 4.79 Å². The number of aromatic nitrogens is 5. The van der Waals surface area contributed by atoms with Crippen LogP contribution in [0, 0.1) is 13.8 Å². The molecule has 0 aliphatic carbocycles. The van der Waals surface area contributed by atoms with Crippen molar-refractivity contribution in [2.24, 2.45) is 0 Å². The predicted molar refractivity (Wildman–Crippen MR) is 102 cm³/mol. The van der Waals surface area contributed by atoms with Crippen molar-refractivity contribution >= 4 is 17.7 Å². The molecule has 3 rings (SSSR count). The van der Waals surface area contributed by atoms with Gasteiger partial charge in [-0.05, 0) is 39.8 Å². The molecule has 0 saturated heterocycles. The zero-order valence-electron chi connectivity index (χ0n) is 15.7. The second-order valence-corrected chi connectivity index (χ2v) is 6.55. The summed E-state index contributed by atoms with van der Waals surface area (Å²) in [6, 6.07) is 6.14. The van der Waals surface area contributed by atoms with Crippen LogP contribution in [-0.2, 0) is 9.53 Å². The zero-order chi connectivity index (χ0) is 19.4. The molecule has 0 aliphatic rings. The van der Waals surface area contributed by atoms with Gasteiger partial charge in [0.2, 0.25) is 0 Å². The maximum absolute atomic E-state index is 12.5. The lowest BCUT2D eigenvalue weighted by Crippen LogP contribution is -2.14. The number of hydrogen-bond donors (Lipinski definition) is 0. The number of carbonyl (C=O) groups excluding carboxylic acids is 1. The molecular weight excluding hydrogens is 342 g/mol. The van der Waals surface area contributed by atoms with Crippen LogP contribution in [0.4, 0.5) is 0 Å². The normalized spacial score (nSPS) is 11.7. The Kier molecular flexibility index (Phi) is 5.40. The topological polar surface area (TPSA) is 82.8 Å². The van der Waals surface area contributed by atoms with Gasteiger partial charge < -0.3 is 4.74 Å². The SMILES string of the molecule is Cc1cc(C)cc(-c2ncn(/C=C(\C(=O)OC(C)C)c3cncnc3)n2)c1. The highest BCUT2D eigenvalue weighted by Gasteiger charge is 2.17. The van der Waals surface area contributed by atoms with Crippen LogP contribution in [0.1, 0.15) is 30.5 Å². The van der Waals surface area contributed by atoms with E-state index in [0.717, 1.165) is 16.7 Å². The van der Waals surface area contributed by atoms with E-state index in [2.05, 4.69) is 26.1 Å². The van der Waals surface area contributed by atoms with Crippen molar-refractivity contribution in [1.29, 1.82) is 0 Å². The fraction of sp³-hybridized carbons (Fsp3) is 0.250. The maximum atomic E-state index is 12.5. The molecule has 138 valence electrons. The quantitative estimate of drug-likeness (QED) is 0.511. The van der Waals surface area contributed by atoms with Gasteiger partial charge in [0.05, 0.1) is 11.7 Å². The third-order valence-corrected chi connectivity index (χ3v) is 3.68. The maximum Gasteiger partial charge on any atom is 0.340 e. The lowest BCUT2D eigenvalue weighted by Gasteiger charge is -2.10. The molecule has 0 fully saturated rings. The van der Waals surface area contributed by atoms with Gasteiger partial charge in [0.25, 0.3) is 0 Å². The second-order valence-electron chi connectivity index (χ2n) is 6.55. The summed E-state index contributed by atoms with van der Waals surface area (Å²) in [5.41, 5.74) is 4.06. The Bertz CT molecular complexity index is 957. The molecule has 1 aromatic carbocycles. The third kappa shape index (κ3) is 4.63. The predicted octanol–water partition coefficient (Wildman–Crippen LogP) is 3.30. The molecule has 0 saturated carbocycles. The minimum absolute atomic E-state index is 0.243. The summed E-state index contributed by atoms with van der Waals surface area (Å²) >= 11 is 0. The molecule has 0 amide bonds. The summed E-state index contributed by atoms with van der Waals surface area (Å²) in [6.07, 6.45) is 7.40. The third-order valence-electron chi connectivity index (χ3n) is 3.68.